The van der Waals surface area contributed by atoms with Crippen molar-refractivity contribution in [2.75, 3.05) is 0 Å². The molecule has 3 atom stereocenters. The summed E-state index contributed by atoms with van der Waals surface area (Å²) >= 11 is -3.90. The van der Waals surface area contributed by atoms with Crippen LogP contribution in [0.2, 0.25) is 37.0 Å². The van der Waals surface area contributed by atoms with Crippen LogP contribution >= 0.6 is 0 Å². The monoisotopic (exact) mass is 474 g/mol. The first-order valence-corrected chi connectivity index (χ1v) is 27.7. The predicted octanol–water partition coefficient (Wildman–Crippen LogP) is 5.76. The molecule has 0 amide bonds. The average molecular weight is 472 g/mol. The summed E-state index contributed by atoms with van der Waals surface area (Å²) in [4.78, 5) is 15.9. The van der Waals surface area contributed by atoms with Crippen molar-refractivity contribution in [2.24, 2.45) is 0 Å². The fourth-order valence-electron chi connectivity index (χ4n) is 4.99. The van der Waals surface area contributed by atoms with E-state index < -0.39 is 36.8 Å². The molecule has 1 aromatic carbocycles. The zero-order valence-electron chi connectivity index (χ0n) is 14.0. The second-order valence-electron chi connectivity index (χ2n) is 8.82. The molecule has 0 heterocycles. The number of hydrogen-bond acceptors (Lipinski definition) is 0. The Balaban J connectivity index is 2.57. The fourth-order valence-corrected chi connectivity index (χ4v) is 42.9. The maximum atomic E-state index is 2.65. The van der Waals surface area contributed by atoms with Gasteiger partial charge in [-0.15, -0.1) is 0 Å². The third-order valence-electron chi connectivity index (χ3n) is 5.95. The van der Waals surface area contributed by atoms with Crippen LogP contribution in [0.25, 0.3) is 0 Å². The Labute approximate surface area is 128 Å². The molecule has 0 aromatic heterocycles. The molecular formula is C17H30Sn2. The van der Waals surface area contributed by atoms with Gasteiger partial charge in [0.15, 0.2) is 0 Å². The van der Waals surface area contributed by atoms with Crippen molar-refractivity contribution in [3.8, 4) is 0 Å². The van der Waals surface area contributed by atoms with Gasteiger partial charge in [0, 0.05) is 0 Å². The zero-order valence-corrected chi connectivity index (χ0v) is 19.7. The molecule has 1 fully saturated rings. The van der Waals surface area contributed by atoms with Crippen molar-refractivity contribution in [3.05, 3.63) is 35.9 Å². The average Bonchev–Trinajstić information content (AvgIpc) is 2.80. The van der Waals surface area contributed by atoms with E-state index in [1.165, 1.54) is 0 Å². The molecule has 0 unspecified atom stereocenters. The molecule has 1 aliphatic carbocycles. The Morgan fingerprint density at radius 1 is 0.842 bits per heavy atom. The molecular weight excluding hydrogens is 442 g/mol. The normalized spacial score (nSPS) is 35.3. The van der Waals surface area contributed by atoms with Gasteiger partial charge in [-0.25, -0.2) is 0 Å². The van der Waals surface area contributed by atoms with E-state index >= 15 is 0 Å². The van der Waals surface area contributed by atoms with Crippen LogP contribution in [-0.4, -0.2) is 36.8 Å². The Bertz CT molecular complexity index is 466. The van der Waals surface area contributed by atoms with Crippen LogP contribution in [0.3, 0.4) is 0 Å². The van der Waals surface area contributed by atoms with Gasteiger partial charge in [-0.2, -0.15) is 0 Å². The van der Waals surface area contributed by atoms with Gasteiger partial charge in [0.1, 0.15) is 0 Å². The molecule has 1 aromatic rings. The van der Waals surface area contributed by atoms with Gasteiger partial charge in [0.25, 0.3) is 0 Å². The molecule has 2 heteroatoms. The summed E-state index contributed by atoms with van der Waals surface area (Å²) in [6.07, 6.45) is 0. The van der Waals surface area contributed by atoms with Gasteiger partial charge in [0.2, 0.25) is 0 Å². The van der Waals surface area contributed by atoms with Gasteiger partial charge in [-0.3, -0.25) is 0 Å². The van der Waals surface area contributed by atoms with Crippen LogP contribution in [-0.2, 0) is 5.41 Å². The van der Waals surface area contributed by atoms with Crippen molar-refractivity contribution in [3.63, 3.8) is 0 Å². The van der Waals surface area contributed by atoms with Crippen LogP contribution in [0.5, 0.6) is 0 Å². The molecule has 0 N–H and O–H groups in total. The van der Waals surface area contributed by atoms with Gasteiger partial charge in [-0.05, 0) is 0 Å². The maximum absolute atomic E-state index is 2.65. The van der Waals surface area contributed by atoms with Crippen LogP contribution < -0.4 is 0 Å². The summed E-state index contributed by atoms with van der Waals surface area (Å²) in [6, 6.07) is 11.4. The van der Waals surface area contributed by atoms with E-state index in [9.17, 15) is 0 Å². The van der Waals surface area contributed by atoms with Gasteiger partial charge in [0.05, 0.1) is 0 Å². The summed E-state index contributed by atoms with van der Waals surface area (Å²) in [5.74, 6) is 0. The van der Waals surface area contributed by atoms with E-state index in [1.807, 2.05) is 0 Å². The molecule has 0 spiro atoms. The molecule has 2 rings (SSSR count). The second kappa shape index (κ2) is 4.66. The quantitative estimate of drug-likeness (QED) is 0.491. The summed E-state index contributed by atoms with van der Waals surface area (Å²) < 4.78 is 1.67. The summed E-state index contributed by atoms with van der Waals surface area (Å²) in [5, 5.41) is 0. The van der Waals surface area contributed by atoms with E-state index in [0.717, 1.165) is 3.93 Å². The molecule has 0 saturated heterocycles. The number of hydrogen-bond donors (Lipinski definition) is 0. The molecule has 0 nitrogen and oxygen atoms in total. The minimum atomic E-state index is -1.98. The molecule has 1 saturated carbocycles. The Morgan fingerprint density at radius 3 is 1.63 bits per heavy atom. The van der Waals surface area contributed by atoms with Crippen LogP contribution in [0, 0.1) is 0 Å². The minimum absolute atomic E-state index is 0.469. The van der Waals surface area contributed by atoms with Crippen LogP contribution in [0.4, 0.5) is 0 Å². The Morgan fingerprint density at radius 2 is 1.32 bits per heavy atom. The third kappa shape index (κ3) is 2.23. The molecule has 0 bridgehead atoms. The van der Waals surface area contributed by atoms with E-state index in [2.05, 4.69) is 73.8 Å². The third-order valence-corrected chi connectivity index (χ3v) is 27.7. The van der Waals surface area contributed by atoms with Gasteiger partial charge in [-0.1, -0.05) is 0 Å². The first-order chi connectivity index (χ1) is 8.47. The topological polar surface area (TPSA) is 0 Å². The Kier molecular flexibility index (Phi) is 3.97. The zero-order chi connectivity index (χ0) is 14.7. The summed E-state index contributed by atoms with van der Waals surface area (Å²) in [7, 11) is 0. The van der Waals surface area contributed by atoms with Crippen molar-refractivity contribution in [2.45, 2.75) is 56.3 Å². The van der Waals surface area contributed by atoms with Crippen molar-refractivity contribution in [1.29, 1.82) is 0 Å². The van der Waals surface area contributed by atoms with Crippen molar-refractivity contribution in [1.82, 2.24) is 0 Å². The van der Waals surface area contributed by atoms with Crippen LogP contribution in [0.1, 0.15) is 19.4 Å². The van der Waals surface area contributed by atoms with E-state index in [-0.39, 0.29) is 0 Å². The van der Waals surface area contributed by atoms with Gasteiger partial charge >= 0.3 is 129 Å². The van der Waals surface area contributed by atoms with Crippen molar-refractivity contribution >= 4 is 36.8 Å². The molecule has 0 radical (unpaired) electrons. The first kappa shape index (κ1) is 16.2. The fraction of sp³-hybridized carbons (Fsp3) is 0.647. The number of rotatable bonds is 3. The molecule has 1 aliphatic rings. The SMILES string of the molecule is C[C@]1(c2ccccc2)[C@H]([Sn]([CH3])([CH3])[CH3])[C@]1(C)[Sn]([CH3])([CH3])[CH3]. The van der Waals surface area contributed by atoms with E-state index in [4.69, 9.17) is 0 Å². The summed E-state index contributed by atoms with van der Waals surface area (Å²) in [5.41, 5.74) is 2.08. The van der Waals surface area contributed by atoms with Crippen LogP contribution in [0.15, 0.2) is 30.3 Å². The van der Waals surface area contributed by atoms with E-state index in [1.54, 1.807) is 5.56 Å². The standard InChI is InChI=1S/C11H12.6CH3.2Sn/c1-9-8-11(9,2)10-6-4-3-5-7-10;;;;;;;;/h3-8H,1-2H3;6*1H3;;/t11-;;;;;;;;/m0......../s1. The predicted molar refractivity (Wildman–Crippen MR) is 92.6 cm³/mol. The van der Waals surface area contributed by atoms with Crippen molar-refractivity contribution < 1.29 is 0 Å². The molecule has 106 valence electrons. The summed E-state index contributed by atoms with van der Waals surface area (Å²) in [6.45, 7) is 5.22. The van der Waals surface area contributed by atoms with Gasteiger partial charge < -0.3 is 0 Å². The molecule has 19 heavy (non-hydrogen) atoms. The first-order valence-electron chi connectivity index (χ1n) is 7.53. The molecule has 0 aliphatic heterocycles. The number of benzene rings is 1. The van der Waals surface area contributed by atoms with E-state index in [0.29, 0.717) is 8.85 Å². The second-order valence-corrected chi connectivity index (χ2v) is 39.8. The Hall–Kier alpha value is 0.817.